The van der Waals surface area contributed by atoms with Gasteiger partial charge in [0.15, 0.2) is 12.4 Å². The van der Waals surface area contributed by atoms with Crippen LogP contribution in [0.1, 0.15) is 56.5 Å². The van der Waals surface area contributed by atoms with Crippen molar-refractivity contribution in [3.05, 3.63) is 87.4 Å². The molecule has 0 radical (unpaired) electrons. The molecule has 0 fully saturated rings. The largest absolute Gasteiger partial charge is 0.454 e. The van der Waals surface area contributed by atoms with Crippen LogP contribution < -0.4 is 4.90 Å². The van der Waals surface area contributed by atoms with Crippen LogP contribution in [0.15, 0.2) is 65.2 Å². The molecule has 2 aromatic carbocycles. The first kappa shape index (κ1) is 20.0. The third-order valence-electron chi connectivity index (χ3n) is 7.47. The number of carbonyl (C=O) groups is 2. The second-order valence-electron chi connectivity index (χ2n) is 9.28. The number of ether oxygens (including phenoxy) is 1. The molecule has 2 aliphatic heterocycles. The summed E-state index contributed by atoms with van der Waals surface area (Å²) in [5, 5.41) is 0. The number of anilines is 1. The minimum Gasteiger partial charge on any atom is -0.454 e. The van der Waals surface area contributed by atoms with Gasteiger partial charge in [-0.25, -0.2) is 4.79 Å². The minimum absolute atomic E-state index is 0.198. The van der Waals surface area contributed by atoms with E-state index in [-0.39, 0.29) is 18.3 Å². The SMILES string of the molecule is O=C(COC(=O)c1ccc2c3c1[C@@H]1C=CC[C@@H]1CN3C[C@@H]1CC=C[C@H]21)c1ccc(Br)cc1. The number of Topliss-reactive ketones (excluding diaryl/α,β-unsaturated/α-hetero) is 1. The fourth-order valence-electron chi connectivity index (χ4n) is 5.99. The molecule has 0 aromatic heterocycles. The highest BCUT2D eigenvalue weighted by atomic mass is 79.9. The first-order valence-electron chi connectivity index (χ1n) is 11.3. The molecule has 0 amide bonds. The van der Waals surface area contributed by atoms with Crippen molar-refractivity contribution in [2.24, 2.45) is 11.8 Å². The monoisotopic (exact) mass is 489 g/mol. The molecule has 0 spiro atoms. The number of benzene rings is 2. The molecule has 2 aliphatic carbocycles. The number of fused-ring (bicyclic) bond motifs is 4. The predicted molar refractivity (Wildman–Crippen MR) is 127 cm³/mol. The molecule has 4 nitrogen and oxygen atoms in total. The molecule has 2 aromatic rings. The van der Waals surface area contributed by atoms with E-state index in [2.05, 4.69) is 51.2 Å². The Hall–Kier alpha value is -2.66. The molecule has 0 bridgehead atoms. The molecule has 0 N–H and O–H groups in total. The van der Waals surface area contributed by atoms with E-state index in [9.17, 15) is 9.59 Å². The fraction of sp³-hybridized carbons (Fsp3) is 0.333. The van der Waals surface area contributed by atoms with Crippen LogP contribution >= 0.6 is 15.9 Å². The van der Waals surface area contributed by atoms with E-state index in [4.69, 9.17) is 4.74 Å². The quantitative estimate of drug-likeness (QED) is 0.316. The Balaban J connectivity index is 1.33. The van der Waals surface area contributed by atoms with Gasteiger partial charge in [-0.05, 0) is 54.0 Å². The van der Waals surface area contributed by atoms with Gasteiger partial charge in [0.1, 0.15) is 0 Å². The Labute approximate surface area is 196 Å². The average molecular weight is 490 g/mol. The van der Waals surface area contributed by atoms with Crippen molar-refractivity contribution in [2.45, 2.75) is 24.7 Å². The van der Waals surface area contributed by atoms with Crippen LogP contribution in [0.3, 0.4) is 0 Å². The lowest BCUT2D eigenvalue weighted by molar-refractivity contribution is 0.0473. The van der Waals surface area contributed by atoms with Crippen molar-refractivity contribution >= 4 is 33.4 Å². The van der Waals surface area contributed by atoms with Crippen LogP contribution in [0.25, 0.3) is 0 Å². The fourth-order valence-corrected chi connectivity index (χ4v) is 6.25. The summed E-state index contributed by atoms with van der Waals surface area (Å²) < 4.78 is 6.45. The first-order valence-corrected chi connectivity index (χ1v) is 12.1. The average Bonchev–Trinajstić information content (AvgIpc) is 3.47. The highest BCUT2D eigenvalue weighted by Gasteiger charge is 2.44. The van der Waals surface area contributed by atoms with Crippen LogP contribution in [0.5, 0.6) is 0 Å². The summed E-state index contributed by atoms with van der Waals surface area (Å²) in [7, 11) is 0. The molecular weight excluding hydrogens is 466 g/mol. The number of hydrogen-bond donors (Lipinski definition) is 0. The summed E-state index contributed by atoms with van der Waals surface area (Å²) >= 11 is 3.37. The van der Waals surface area contributed by atoms with Gasteiger partial charge in [0.25, 0.3) is 0 Å². The standard InChI is InChI=1S/C27H24BrNO3/c28-19-9-7-16(8-10-19)24(30)15-32-27(31)23-12-11-22-20-5-1-3-17(20)13-29-14-18-4-2-6-21(18)25(23)26(22)29/h1-2,5-12,17-18,20-21H,3-4,13-15H2/t17-,18+,20-,21+/m0/s1. The maximum absolute atomic E-state index is 13.2. The number of ketones is 1. The summed E-state index contributed by atoms with van der Waals surface area (Å²) in [5.74, 6) is 1.20. The van der Waals surface area contributed by atoms with Gasteiger partial charge in [-0.2, -0.15) is 0 Å². The van der Waals surface area contributed by atoms with Crippen molar-refractivity contribution in [3.63, 3.8) is 0 Å². The highest BCUT2D eigenvalue weighted by Crippen LogP contribution is 2.53. The maximum Gasteiger partial charge on any atom is 0.338 e. The van der Waals surface area contributed by atoms with Gasteiger partial charge in [0, 0.05) is 40.6 Å². The predicted octanol–water partition coefficient (Wildman–Crippen LogP) is 5.64. The molecule has 2 heterocycles. The van der Waals surface area contributed by atoms with E-state index in [0.29, 0.717) is 28.9 Å². The third kappa shape index (κ3) is 3.17. The van der Waals surface area contributed by atoms with Gasteiger partial charge in [-0.15, -0.1) is 0 Å². The molecule has 0 saturated heterocycles. The normalized spacial score (nSPS) is 26.5. The Morgan fingerprint density at radius 2 is 1.62 bits per heavy atom. The number of nitrogens with zero attached hydrogens (tertiary/aromatic N) is 1. The maximum atomic E-state index is 13.2. The summed E-state index contributed by atoms with van der Waals surface area (Å²) in [4.78, 5) is 28.2. The number of carbonyl (C=O) groups excluding carboxylic acids is 2. The number of hydrogen-bond acceptors (Lipinski definition) is 4. The minimum atomic E-state index is -0.404. The van der Waals surface area contributed by atoms with Crippen molar-refractivity contribution in [2.75, 3.05) is 24.6 Å². The first-order chi connectivity index (χ1) is 15.6. The second-order valence-corrected chi connectivity index (χ2v) is 10.2. The molecule has 162 valence electrons. The molecule has 4 aliphatic rings. The lowest BCUT2D eigenvalue weighted by Gasteiger charge is -2.46. The van der Waals surface area contributed by atoms with Crippen molar-refractivity contribution in [1.82, 2.24) is 0 Å². The van der Waals surface area contributed by atoms with Gasteiger partial charge < -0.3 is 9.64 Å². The Kier molecular flexibility index (Phi) is 4.83. The van der Waals surface area contributed by atoms with Crippen molar-refractivity contribution in [3.8, 4) is 0 Å². The van der Waals surface area contributed by atoms with Gasteiger partial charge in [0.2, 0.25) is 0 Å². The smallest absolute Gasteiger partial charge is 0.338 e. The van der Waals surface area contributed by atoms with Crippen LogP contribution in [-0.4, -0.2) is 31.4 Å². The van der Waals surface area contributed by atoms with Gasteiger partial charge in [0.05, 0.1) is 5.56 Å². The molecule has 5 heteroatoms. The van der Waals surface area contributed by atoms with E-state index in [1.54, 1.807) is 12.1 Å². The van der Waals surface area contributed by atoms with Crippen molar-refractivity contribution in [1.29, 1.82) is 0 Å². The van der Waals surface area contributed by atoms with E-state index in [1.807, 2.05) is 18.2 Å². The molecule has 4 atom stereocenters. The molecule has 32 heavy (non-hydrogen) atoms. The number of halogens is 1. The Morgan fingerprint density at radius 3 is 2.38 bits per heavy atom. The number of esters is 1. The van der Waals surface area contributed by atoms with Crippen LogP contribution in [0.4, 0.5) is 5.69 Å². The summed E-state index contributed by atoms with van der Waals surface area (Å²) in [6.45, 7) is 1.83. The molecule has 0 saturated carbocycles. The van der Waals surface area contributed by atoms with E-state index in [0.717, 1.165) is 36.0 Å². The zero-order valence-electron chi connectivity index (χ0n) is 17.7. The summed E-state index contributed by atoms with van der Waals surface area (Å²) in [6.07, 6.45) is 11.3. The third-order valence-corrected chi connectivity index (χ3v) is 8.00. The number of allylic oxidation sites excluding steroid dienone is 4. The Morgan fingerprint density at radius 1 is 0.938 bits per heavy atom. The molecule has 0 unspecified atom stereocenters. The number of rotatable bonds is 4. The molecular formula is C27H24BrNO3. The van der Waals surface area contributed by atoms with Gasteiger partial charge >= 0.3 is 5.97 Å². The van der Waals surface area contributed by atoms with Gasteiger partial charge in [-0.3, -0.25) is 4.79 Å². The topological polar surface area (TPSA) is 46.6 Å². The zero-order valence-corrected chi connectivity index (χ0v) is 19.3. The van der Waals surface area contributed by atoms with E-state index >= 15 is 0 Å². The molecule has 6 rings (SSSR count). The lowest BCUT2D eigenvalue weighted by Crippen LogP contribution is -2.44. The highest BCUT2D eigenvalue weighted by molar-refractivity contribution is 9.10. The zero-order chi connectivity index (χ0) is 21.8. The lowest BCUT2D eigenvalue weighted by atomic mass is 9.73. The van der Waals surface area contributed by atoms with E-state index in [1.165, 1.54) is 11.3 Å². The summed E-state index contributed by atoms with van der Waals surface area (Å²) in [6, 6.07) is 11.1. The van der Waals surface area contributed by atoms with Gasteiger partial charge in [-0.1, -0.05) is 58.4 Å². The van der Waals surface area contributed by atoms with Crippen molar-refractivity contribution < 1.29 is 14.3 Å². The van der Waals surface area contributed by atoms with Crippen LogP contribution in [0, 0.1) is 11.8 Å². The van der Waals surface area contributed by atoms with Crippen LogP contribution in [-0.2, 0) is 4.74 Å². The Bertz CT molecular complexity index is 1160. The van der Waals surface area contributed by atoms with Crippen LogP contribution in [0.2, 0.25) is 0 Å². The second kappa shape index (κ2) is 7.73. The summed E-state index contributed by atoms with van der Waals surface area (Å²) in [5.41, 5.74) is 4.83. The van der Waals surface area contributed by atoms with E-state index < -0.39 is 5.97 Å².